The third-order valence-electron chi connectivity index (χ3n) is 7.71. The van der Waals surface area contributed by atoms with Crippen LogP contribution in [0.5, 0.6) is 23.0 Å². The Kier molecular flexibility index (Phi) is 11.1. The summed E-state index contributed by atoms with van der Waals surface area (Å²) in [6, 6.07) is 21.8. The Morgan fingerprint density at radius 3 is 0.826 bits per heavy atom. The number of halogens is 2. The Morgan fingerprint density at radius 2 is 0.609 bits per heavy atom. The maximum absolute atomic E-state index is 6.64. The summed E-state index contributed by atoms with van der Waals surface area (Å²) in [5.74, 6) is 3.70. The number of hydrogen-bond donors (Lipinski definition) is 0. The van der Waals surface area contributed by atoms with Crippen LogP contribution in [0.1, 0.15) is 99.9 Å². The molecule has 0 radical (unpaired) electrons. The first-order chi connectivity index (χ1) is 21.9. The van der Waals surface area contributed by atoms with E-state index >= 15 is 0 Å². The zero-order valence-corrected chi connectivity index (χ0v) is 31.5. The van der Waals surface area contributed by atoms with Crippen LogP contribution in [-0.2, 0) is 25.7 Å². The van der Waals surface area contributed by atoms with Gasteiger partial charge >= 0.3 is 0 Å². The van der Waals surface area contributed by atoms with E-state index in [0.717, 1.165) is 76.5 Å². The number of hydrogen-bond acceptors (Lipinski definition) is 4. The molecule has 0 amide bonds. The van der Waals surface area contributed by atoms with Crippen molar-refractivity contribution in [2.24, 2.45) is 0 Å². The average molecular weight is 751 g/mol. The molecule has 0 N–H and O–H groups in total. The van der Waals surface area contributed by atoms with Crippen LogP contribution in [0.2, 0.25) is 0 Å². The summed E-state index contributed by atoms with van der Waals surface area (Å²) >= 11 is 7.68. The summed E-state index contributed by atoms with van der Waals surface area (Å²) in [6.45, 7) is 16.7. The molecule has 0 atom stereocenters. The maximum atomic E-state index is 6.64. The van der Waals surface area contributed by atoms with Crippen molar-refractivity contribution < 1.29 is 18.9 Å². The third kappa shape index (κ3) is 8.30. The number of para-hydroxylation sites is 2. The quantitative estimate of drug-likeness (QED) is 0.158. The van der Waals surface area contributed by atoms with Crippen LogP contribution in [0.4, 0.5) is 0 Å². The molecule has 0 spiro atoms. The predicted molar refractivity (Wildman–Crippen MR) is 195 cm³/mol. The highest BCUT2D eigenvalue weighted by atomic mass is 79.9. The minimum atomic E-state index is 0.0163. The molecule has 0 fully saturated rings. The van der Waals surface area contributed by atoms with E-state index in [1.165, 1.54) is 0 Å². The molecular weight excluding hydrogens is 704 g/mol. The summed E-state index contributed by atoms with van der Waals surface area (Å²) in [7, 11) is 0. The molecule has 0 saturated carbocycles. The van der Waals surface area contributed by atoms with Gasteiger partial charge in [0.05, 0.1) is 24.4 Å². The molecular formula is C40H46Br2O4. The second kappa shape index (κ2) is 14.9. The zero-order chi connectivity index (χ0) is 33.1. The highest BCUT2D eigenvalue weighted by Crippen LogP contribution is 2.41. The van der Waals surface area contributed by atoms with Crippen LogP contribution in [0.15, 0.2) is 69.6 Å². The summed E-state index contributed by atoms with van der Waals surface area (Å²) in [5.41, 5.74) is 8.98. The average Bonchev–Trinajstić information content (AvgIpc) is 2.94. The first-order valence-electron chi connectivity index (χ1n) is 16.4. The fraction of sp³-hybridized carbons (Fsp3) is 0.400. The minimum absolute atomic E-state index is 0.0163. The molecule has 4 aromatic rings. The van der Waals surface area contributed by atoms with Gasteiger partial charge in [-0.05, 0) is 102 Å². The van der Waals surface area contributed by atoms with Gasteiger partial charge in [0, 0.05) is 56.9 Å². The SMILES string of the molecule is CC(C)Oc1c2cccc1Cc1cc(Br)cc(c1OC(C)C)Cc1cccc(c1OC(C)C)Cc1cc(Br)cc(c1OC(C)C)C2. The van der Waals surface area contributed by atoms with Crippen LogP contribution in [0.25, 0.3) is 0 Å². The Bertz CT molecular complexity index is 1470. The molecule has 46 heavy (non-hydrogen) atoms. The molecule has 244 valence electrons. The van der Waals surface area contributed by atoms with Crippen molar-refractivity contribution in [3.63, 3.8) is 0 Å². The Hall–Kier alpha value is -2.96. The fourth-order valence-corrected chi connectivity index (χ4v) is 7.26. The Labute approximate surface area is 292 Å². The lowest BCUT2D eigenvalue weighted by Crippen LogP contribution is -2.15. The molecule has 0 unspecified atom stereocenters. The van der Waals surface area contributed by atoms with Gasteiger partial charge in [-0.25, -0.2) is 0 Å². The van der Waals surface area contributed by atoms with Crippen molar-refractivity contribution in [3.8, 4) is 23.0 Å². The topological polar surface area (TPSA) is 36.9 Å². The Balaban J connectivity index is 1.83. The first kappa shape index (κ1) is 34.4. The maximum Gasteiger partial charge on any atom is 0.126 e. The molecule has 5 rings (SSSR count). The number of ether oxygens (including phenoxy) is 4. The van der Waals surface area contributed by atoms with Crippen molar-refractivity contribution in [1.29, 1.82) is 0 Å². The van der Waals surface area contributed by atoms with Gasteiger partial charge in [0.2, 0.25) is 0 Å². The highest BCUT2D eigenvalue weighted by molar-refractivity contribution is 9.10. The van der Waals surface area contributed by atoms with E-state index in [4.69, 9.17) is 18.9 Å². The molecule has 1 aliphatic carbocycles. The lowest BCUT2D eigenvalue weighted by molar-refractivity contribution is 0.233. The normalized spacial score (nSPS) is 13.0. The monoisotopic (exact) mass is 748 g/mol. The van der Waals surface area contributed by atoms with Gasteiger partial charge in [0.1, 0.15) is 23.0 Å². The van der Waals surface area contributed by atoms with E-state index in [9.17, 15) is 0 Å². The second-order valence-electron chi connectivity index (χ2n) is 13.3. The largest absolute Gasteiger partial charge is 0.490 e. The van der Waals surface area contributed by atoms with E-state index in [0.29, 0.717) is 25.7 Å². The van der Waals surface area contributed by atoms with Gasteiger partial charge in [-0.1, -0.05) is 68.3 Å². The lowest BCUT2D eigenvalue weighted by Gasteiger charge is -2.25. The van der Waals surface area contributed by atoms with Crippen LogP contribution in [-0.4, -0.2) is 24.4 Å². The van der Waals surface area contributed by atoms with Crippen LogP contribution in [0, 0.1) is 0 Å². The number of benzene rings is 4. The molecule has 0 heterocycles. The number of rotatable bonds is 8. The second-order valence-corrected chi connectivity index (χ2v) is 15.1. The van der Waals surface area contributed by atoms with Gasteiger partial charge in [0.15, 0.2) is 0 Å². The molecule has 4 aromatic carbocycles. The van der Waals surface area contributed by atoms with Gasteiger partial charge in [-0.3, -0.25) is 0 Å². The van der Waals surface area contributed by atoms with Gasteiger partial charge in [0.25, 0.3) is 0 Å². The summed E-state index contributed by atoms with van der Waals surface area (Å²) in [5, 5.41) is 0. The van der Waals surface area contributed by atoms with Crippen molar-refractivity contribution >= 4 is 31.9 Å². The van der Waals surface area contributed by atoms with Gasteiger partial charge in [-0.2, -0.15) is 0 Å². The first-order valence-corrected chi connectivity index (χ1v) is 18.0. The number of fused-ring (bicyclic) bond motifs is 8. The summed E-state index contributed by atoms with van der Waals surface area (Å²) in [4.78, 5) is 0. The standard InChI is InChI=1S/C40H46Br2O4/c1-23(2)43-37-27-11-9-12-28(37)16-32-20-36(42)22-34(40(32)46-26(7)8)18-30-14-10-13-29(38(30)44-24(3)4)17-33-21-35(41)19-31(15-27)39(33)45-25(5)6/h9-14,19-26H,15-18H2,1-8H3. The molecule has 6 heteroatoms. The smallest absolute Gasteiger partial charge is 0.126 e. The highest BCUT2D eigenvalue weighted by Gasteiger charge is 2.24. The van der Waals surface area contributed by atoms with Crippen molar-refractivity contribution in [1.82, 2.24) is 0 Å². The summed E-state index contributed by atoms with van der Waals surface area (Å²) < 4.78 is 28.6. The van der Waals surface area contributed by atoms with E-state index in [1.807, 2.05) is 0 Å². The third-order valence-corrected chi connectivity index (χ3v) is 8.62. The van der Waals surface area contributed by atoms with Crippen molar-refractivity contribution in [2.75, 3.05) is 0 Å². The predicted octanol–water partition coefficient (Wildman–Crippen LogP) is 11.0. The molecule has 0 aromatic heterocycles. The Morgan fingerprint density at radius 1 is 0.391 bits per heavy atom. The fourth-order valence-electron chi connectivity index (χ4n) is 6.15. The van der Waals surface area contributed by atoms with Crippen molar-refractivity contribution in [2.45, 2.75) is 105 Å². The van der Waals surface area contributed by atoms with E-state index in [2.05, 4.69) is 148 Å². The molecule has 1 aliphatic rings. The van der Waals surface area contributed by atoms with Crippen molar-refractivity contribution in [3.05, 3.63) is 114 Å². The lowest BCUT2D eigenvalue weighted by atomic mass is 9.91. The van der Waals surface area contributed by atoms with Gasteiger partial charge < -0.3 is 18.9 Å². The van der Waals surface area contributed by atoms with Crippen LogP contribution < -0.4 is 18.9 Å². The van der Waals surface area contributed by atoms with E-state index in [1.54, 1.807) is 0 Å². The molecule has 0 aliphatic heterocycles. The zero-order valence-electron chi connectivity index (χ0n) is 28.3. The molecule has 0 saturated heterocycles. The van der Waals surface area contributed by atoms with Crippen LogP contribution in [0.3, 0.4) is 0 Å². The van der Waals surface area contributed by atoms with Gasteiger partial charge in [-0.15, -0.1) is 0 Å². The summed E-state index contributed by atoms with van der Waals surface area (Å²) in [6.07, 6.45) is 2.73. The minimum Gasteiger partial charge on any atom is -0.490 e. The van der Waals surface area contributed by atoms with E-state index < -0.39 is 0 Å². The van der Waals surface area contributed by atoms with E-state index in [-0.39, 0.29) is 24.4 Å². The molecule has 8 bridgehead atoms. The van der Waals surface area contributed by atoms with Crippen LogP contribution >= 0.6 is 31.9 Å². The molecule has 4 nitrogen and oxygen atoms in total.